The summed E-state index contributed by atoms with van der Waals surface area (Å²) >= 11 is 5.90. The van der Waals surface area contributed by atoms with Crippen LogP contribution in [-0.4, -0.2) is 22.9 Å². The summed E-state index contributed by atoms with van der Waals surface area (Å²) in [4.78, 5) is 19.9. The largest absolute Gasteiger partial charge is 0.373 e. The first-order chi connectivity index (χ1) is 8.70. The number of nitrogens with one attached hydrogen (secondary N) is 2. The van der Waals surface area contributed by atoms with Gasteiger partial charge in [0.25, 0.3) is 5.91 Å². The van der Waals surface area contributed by atoms with Crippen molar-refractivity contribution in [2.45, 2.75) is 0 Å². The van der Waals surface area contributed by atoms with E-state index >= 15 is 0 Å². The average Bonchev–Trinajstić information content (AvgIpc) is 2.41. The Morgan fingerprint density at radius 1 is 1.28 bits per heavy atom. The summed E-state index contributed by atoms with van der Waals surface area (Å²) in [5, 5.41) is 5.89. The van der Waals surface area contributed by atoms with E-state index in [9.17, 15) is 4.79 Å². The minimum atomic E-state index is -0.300. The SMILES string of the molecule is CNc1ccc(C(=O)Nc2ncccc2Cl)cn1. The van der Waals surface area contributed by atoms with Gasteiger partial charge in [-0.15, -0.1) is 0 Å². The van der Waals surface area contributed by atoms with E-state index in [-0.39, 0.29) is 5.91 Å². The molecule has 0 spiro atoms. The molecule has 0 atom stereocenters. The first-order valence-electron chi connectivity index (χ1n) is 5.26. The fraction of sp³-hybridized carbons (Fsp3) is 0.0833. The van der Waals surface area contributed by atoms with E-state index in [1.54, 1.807) is 37.5 Å². The molecule has 2 heterocycles. The smallest absolute Gasteiger partial charge is 0.258 e. The molecule has 0 saturated carbocycles. The zero-order valence-corrected chi connectivity index (χ0v) is 10.4. The summed E-state index contributed by atoms with van der Waals surface area (Å²) in [6, 6.07) is 6.74. The standard InChI is InChI=1S/C12H11ClN4O/c1-14-10-5-4-8(7-16-10)12(18)17-11-9(13)3-2-6-15-11/h2-7H,1H3,(H,14,16)(H,15,17,18). The van der Waals surface area contributed by atoms with Gasteiger partial charge in [-0.2, -0.15) is 0 Å². The Labute approximate surface area is 109 Å². The molecule has 2 aromatic heterocycles. The molecule has 18 heavy (non-hydrogen) atoms. The summed E-state index contributed by atoms with van der Waals surface area (Å²) in [5.41, 5.74) is 0.440. The van der Waals surface area contributed by atoms with Crippen molar-refractivity contribution in [3.05, 3.63) is 47.2 Å². The van der Waals surface area contributed by atoms with Crippen molar-refractivity contribution in [3.8, 4) is 0 Å². The van der Waals surface area contributed by atoms with Crippen LogP contribution in [0.15, 0.2) is 36.7 Å². The van der Waals surface area contributed by atoms with E-state index in [4.69, 9.17) is 11.6 Å². The molecule has 2 N–H and O–H groups in total. The van der Waals surface area contributed by atoms with Gasteiger partial charge >= 0.3 is 0 Å². The maximum absolute atomic E-state index is 11.9. The molecule has 0 fully saturated rings. The van der Waals surface area contributed by atoms with Crippen molar-refractivity contribution in [1.29, 1.82) is 0 Å². The highest BCUT2D eigenvalue weighted by Gasteiger charge is 2.09. The maximum atomic E-state index is 11.9. The molecule has 1 amide bonds. The Morgan fingerprint density at radius 2 is 2.11 bits per heavy atom. The van der Waals surface area contributed by atoms with Gasteiger partial charge in [0.2, 0.25) is 0 Å². The number of aromatic nitrogens is 2. The van der Waals surface area contributed by atoms with Crippen LogP contribution in [0.3, 0.4) is 0 Å². The van der Waals surface area contributed by atoms with Gasteiger partial charge in [-0.25, -0.2) is 9.97 Å². The molecule has 0 aliphatic rings. The van der Waals surface area contributed by atoms with Crippen LogP contribution < -0.4 is 10.6 Å². The maximum Gasteiger partial charge on any atom is 0.258 e. The Bertz CT molecular complexity index is 556. The highest BCUT2D eigenvalue weighted by molar-refractivity contribution is 6.33. The Morgan fingerprint density at radius 3 is 2.72 bits per heavy atom. The molecule has 6 heteroatoms. The molecule has 2 aromatic rings. The third-order valence-corrected chi connectivity index (χ3v) is 2.58. The van der Waals surface area contributed by atoms with E-state index in [0.717, 1.165) is 0 Å². The van der Waals surface area contributed by atoms with Crippen molar-refractivity contribution in [2.24, 2.45) is 0 Å². The van der Waals surface area contributed by atoms with Crippen molar-refractivity contribution >= 4 is 29.1 Å². The van der Waals surface area contributed by atoms with Gasteiger partial charge in [0.15, 0.2) is 5.82 Å². The van der Waals surface area contributed by atoms with Gasteiger partial charge in [-0.3, -0.25) is 4.79 Å². The van der Waals surface area contributed by atoms with Gasteiger partial charge in [0, 0.05) is 19.4 Å². The molecule has 0 aromatic carbocycles. The lowest BCUT2D eigenvalue weighted by Crippen LogP contribution is -2.13. The Hall–Kier alpha value is -2.14. The predicted octanol–water partition coefficient (Wildman–Crippen LogP) is 2.42. The second kappa shape index (κ2) is 5.46. The fourth-order valence-electron chi connectivity index (χ4n) is 1.33. The van der Waals surface area contributed by atoms with E-state index in [0.29, 0.717) is 22.2 Å². The predicted molar refractivity (Wildman–Crippen MR) is 71.0 cm³/mol. The molecule has 0 aliphatic carbocycles. The number of halogens is 1. The van der Waals surface area contributed by atoms with Gasteiger partial charge in [-0.05, 0) is 24.3 Å². The van der Waals surface area contributed by atoms with Crippen LogP contribution in [0.1, 0.15) is 10.4 Å². The molecule has 5 nitrogen and oxygen atoms in total. The van der Waals surface area contributed by atoms with Crippen LogP contribution >= 0.6 is 11.6 Å². The summed E-state index contributed by atoms with van der Waals surface area (Å²) in [6.07, 6.45) is 3.04. The normalized spacial score (nSPS) is 9.89. The summed E-state index contributed by atoms with van der Waals surface area (Å²) in [6.45, 7) is 0. The van der Waals surface area contributed by atoms with Crippen molar-refractivity contribution < 1.29 is 4.79 Å². The van der Waals surface area contributed by atoms with Crippen LogP contribution in [0.4, 0.5) is 11.6 Å². The van der Waals surface area contributed by atoms with E-state index in [1.165, 1.54) is 6.20 Å². The minimum Gasteiger partial charge on any atom is -0.373 e. The first-order valence-corrected chi connectivity index (χ1v) is 5.64. The lowest BCUT2D eigenvalue weighted by atomic mass is 10.2. The molecular formula is C12H11ClN4O. The lowest BCUT2D eigenvalue weighted by Gasteiger charge is -2.06. The zero-order chi connectivity index (χ0) is 13.0. The fourth-order valence-corrected chi connectivity index (χ4v) is 1.50. The molecular weight excluding hydrogens is 252 g/mol. The number of hydrogen-bond donors (Lipinski definition) is 2. The Balaban J connectivity index is 2.14. The Kier molecular flexibility index (Phi) is 3.74. The number of amides is 1. The van der Waals surface area contributed by atoms with Gasteiger partial charge in [0.1, 0.15) is 5.82 Å². The minimum absolute atomic E-state index is 0.300. The van der Waals surface area contributed by atoms with Crippen molar-refractivity contribution in [1.82, 2.24) is 9.97 Å². The van der Waals surface area contributed by atoms with Crippen molar-refractivity contribution in [3.63, 3.8) is 0 Å². The van der Waals surface area contributed by atoms with Gasteiger partial charge < -0.3 is 10.6 Å². The molecule has 0 radical (unpaired) electrons. The third-order valence-electron chi connectivity index (χ3n) is 2.27. The van der Waals surface area contributed by atoms with Crippen LogP contribution in [0.2, 0.25) is 5.02 Å². The van der Waals surface area contributed by atoms with E-state index < -0.39 is 0 Å². The van der Waals surface area contributed by atoms with Gasteiger partial charge in [-0.1, -0.05) is 11.6 Å². The molecule has 92 valence electrons. The molecule has 0 unspecified atom stereocenters. The van der Waals surface area contributed by atoms with Gasteiger partial charge in [0.05, 0.1) is 10.6 Å². The first kappa shape index (κ1) is 12.3. The number of hydrogen-bond acceptors (Lipinski definition) is 4. The van der Waals surface area contributed by atoms with Crippen LogP contribution in [0.25, 0.3) is 0 Å². The summed E-state index contributed by atoms with van der Waals surface area (Å²) in [7, 11) is 1.76. The van der Waals surface area contributed by atoms with E-state index in [1.807, 2.05) is 0 Å². The molecule has 0 bridgehead atoms. The van der Waals surface area contributed by atoms with Crippen LogP contribution in [-0.2, 0) is 0 Å². The second-order valence-electron chi connectivity index (χ2n) is 3.47. The van der Waals surface area contributed by atoms with Crippen LogP contribution in [0, 0.1) is 0 Å². The van der Waals surface area contributed by atoms with Crippen molar-refractivity contribution in [2.75, 3.05) is 17.7 Å². The zero-order valence-electron chi connectivity index (χ0n) is 9.64. The molecule has 0 saturated heterocycles. The third kappa shape index (κ3) is 2.75. The summed E-state index contributed by atoms with van der Waals surface area (Å²) in [5.74, 6) is 0.732. The number of pyridine rings is 2. The molecule has 2 rings (SSSR count). The highest BCUT2D eigenvalue weighted by Crippen LogP contribution is 2.18. The molecule has 0 aliphatic heterocycles. The highest BCUT2D eigenvalue weighted by atomic mass is 35.5. The monoisotopic (exact) mass is 262 g/mol. The quantitative estimate of drug-likeness (QED) is 0.892. The second-order valence-corrected chi connectivity index (χ2v) is 3.88. The average molecular weight is 263 g/mol. The van der Waals surface area contributed by atoms with E-state index in [2.05, 4.69) is 20.6 Å². The lowest BCUT2D eigenvalue weighted by molar-refractivity contribution is 0.102. The summed E-state index contributed by atoms with van der Waals surface area (Å²) < 4.78 is 0. The number of nitrogens with zero attached hydrogens (tertiary/aromatic N) is 2. The van der Waals surface area contributed by atoms with Crippen LogP contribution in [0.5, 0.6) is 0 Å². The number of carbonyl (C=O) groups excluding carboxylic acids is 1. The topological polar surface area (TPSA) is 66.9 Å². The number of rotatable bonds is 3. The number of anilines is 2. The number of carbonyl (C=O) groups is 1.